The Bertz CT molecular complexity index is 1120. The van der Waals surface area contributed by atoms with Gasteiger partial charge >= 0.3 is 6.18 Å². The third-order valence-corrected chi connectivity index (χ3v) is 5.56. The number of rotatable bonds is 5. The quantitative estimate of drug-likeness (QED) is 0.573. The number of aliphatic hydroxyl groups is 1. The Balaban J connectivity index is 1.65. The molecule has 0 spiro atoms. The van der Waals surface area contributed by atoms with Crippen LogP contribution < -0.4 is 10.1 Å². The first kappa shape index (κ1) is 22.4. The van der Waals surface area contributed by atoms with Crippen LogP contribution in [0.4, 0.5) is 13.2 Å². The van der Waals surface area contributed by atoms with Gasteiger partial charge in [0, 0.05) is 29.6 Å². The smallest absolute Gasteiger partial charge is 0.422 e. The zero-order valence-electron chi connectivity index (χ0n) is 16.9. The first-order chi connectivity index (χ1) is 15.2. The third-order valence-electron chi connectivity index (χ3n) is 5.35. The summed E-state index contributed by atoms with van der Waals surface area (Å²) in [4.78, 5) is 17.2. The van der Waals surface area contributed by atoms with E-state index in [0.717, 1.165) is 0 Å². The molecule has 1 aliphatic rings. The van der Waals surface area contributed by atoms with Crippen molar-refractivity contribution in [2.24, 2.45) is 0 Å². The van der Waals surface area contributed by atoms with E-state index in [1.807, 2.05) is 0 Å². The van der Waals surface area contributed by atoms with E-state index in [1.54, 1.807) is 34.9 Å². The second kappa shape index (κ2) is 8.99. The van der Waals surface area contributed by atoms with Crippen LogP contribution in [0.25, 0.3) is 16.8 Å². The number of ether oxygens (including phenoxy) is 1. The minimum absolute atomic E-state index is 0.0313. The van der Waals surface area contributed by atoms with E-state index in [4.69, 9.17) is 16.3 Å². The Labute approximate surface area is 187 Å². The van der Waals surface area contributed by atoms with Gasteiger partial charge in [0.05, 0.1) is 11.1 Å². The monoisotopic (exact) mass is 467 g/mol. The molecule has 2 heterocycles. The molecule has 1 saturated carbocycles. The Morgan fingerprint density at radius 3 is 2.62 bits per heavy atom. The highest BCUT2D eigenvalue weighted by atomic mass is 35.5. The van der Waals surface area contributed by atoms with Gasteiger partial charge in [-0.2, -0.15) is 13.2 Å². The van der Waals surface area contributed by atoms with Crippen molar-refractivity contribution in [3.8, 4) is 16.9 Å². The number of aromatic nitrogens is 2. The molecular formula is C22H21ClF3N3O3. The van der Waals surface area contributed by atoms with Crippen molar-refractivity contribution in [1.82, 2.24) is 14.7 Å². The fourth-order valence-corrected chi connectivity index (χ4v) is 4.04. The van der Waals surface area contributed by atoms with Crippen molar-refractivity contribution in [3.63, 3.8) is 0 Å². The van der Waals surface area contributed by atoms with Crippen LogP contribution in [-0.4, -0.2) is 45.3 Å². The highest BCUT2D eigenvalue weighted by molar-refractivity contribution is 6.31. The fraction of sp³-hybridized carbons (Fsp3) is 0.364. The van der Waals surface area contributed by atoms with E-state index in [-0.39, 0.29) is 29.5 Å². The number of carbonyl (C=O) groups excluding carboxylic acids is 1. The van der Waals surface area contributed by atoms with Crippen molar-refractivity contribution >= 4 is 23.2 Å². The van der Waals surface area contributed by atoms with Crippen LogP contribution in [0, 0.1) is 0 Å². The number of fused-ring (bicyclic) bond motifs is 1. The Kier molecular flexibility index (Phi) is 6.30. The standard InChI is InChI=1S/C22H21ClF3N3O3/c23-13-9-17(16-3-1-2-4-19(16)32-12-22(24,25)26)20-28-18(11-29(20)10-13)21(31)27-14-5-7-15(30)8-6-14/h1-4,9-11,14-15,30H,5-8,12H2,(H,27,31)/t14-,15-. The fourth-order valence-electron chi connectivity index (χ4n) is 3.83. The number of para-hydroxylation sites is 1. The van der Waals surface area contributed by atoms with Crippen molar-refractivity contribution in [1.29, 1.82) is 0 Å². The highest BCUT2D eigenvalue weighted by Gasteiger charge is 2.29. The van der Waals surface area contributed by atoms with E-state index in [1.165, 1.54) is 12.3 Å². The van der Waals surface area contributed by atoms with Crippen LogP contribution in [0.3, 0.4) is 0 Å². The number of alkyl halides is 3. The van der Waals surface area contributed by atoms with Crippen LogP contribution in [0.2, 0.25) is 5.02 Å². The predicted molar refractivity (Wildman–Crippen MR) is 113 cm³/mol. The maximum absolute atomic E-state index is 12.7. The SMILES string of the molecule is O=C(N[C@H]1CC[C@H](O)CC1)c1cn2cc(Cl)cc(-c3ccccc3OCC(F)(F)F)c2n1. The molecule has 1 amide bonds. The molecule has 0 bridgehead atoms. The zero-order chi connectivity index (χ0) is 22.9. The summed E-state index contributed by atoms with van der Waals surface area (Å²) in [5.74, 6) is -0.331. The number of benzene rings is 1. The minimum Gasteiger partial charge on any atom is -0.483 e. The molecule has 1 fully saturated rings. The Hall–Kier alpha value is -2.78. The van der Waals surface area contributed by atoms with Gasteiger partial charge in [0.15, 0.2) is 6.61 Å². The molecule has 3 aromatic rings. The van der Waals surface area contributed by atoms with Crippen LogP contribution in [-0.2, 0) is 0 Å². The molecule has 0 atom stereocenters. The molecule has 0 radical (unpaired) electrons. The normalized spacial score (nSPS) is 19.2. The molecule has 10 heteroatoms. The third kappa shape index (κ3) is 5.16. The van der Waals surface area contributed by atoms with Crippen molar-refractivity contribution in [2.45, 2.75) is 44.0 Å². The number of hydrogen-bond acceptors (Lipinski definition) is 4. The van der Waals surface area contributed by atoms with Crippen LogP contribution >= 0.6 is 11.6 Å². The lowest BCUT2D eigenvalue weighted by molar-refractivity contribution is -0.153. The van der Waals surface area contributed by atoms with Crippen LogP contribution in [0.5, 0.6) is 5.75 Å². The molecular weight excluding hydrogens is 447 g/mol. The molecule has 2 N–H and O–H groups in total. The second-order valence-electron chi connectivity index (χ2n) is 7.81. The lowest BCUT2D eigenvalue weighted by Crippen LogP contribution is -2.38. The van der Waals surface area contributed by atoms with Crippen LogP contribution in [0.15, 0.2) is 42.7 Å². The first-order valence-corrected chi connectivity index (χ1v) is 10.5. The predicted octanol–water partition coefficient (Wildman–Crippen LogP) is 4.63. The summed E-state index contributed by atoms with van der Waals surface area (Å²) in [5, 5.41) is 12.9. The van der Waals surface area contributed by atoms with Gasteiger partial charge in [0.2, 0.25) is 0 Å². The summed E-state index contributed by atoms with van der Waals surface area (Å²) in [6, 6.07) is 7.81. The molecule has 0 unspecified atom stereocenters. The summed E-state index contributed by atoms with van der Waals surface area (Å²) in [5.41, 5.74) is 1.34. The topological polar surface area (TPSA) is 75.9 Å². The van der Waals surface area contributed by atoms with Crippen LogP contribution in [0.1, 0.15) is 36.2 Å². The number of amides is 1. The minimum atomic E-state index is -4.48. The number of hydrogen-bond donors (Lipinski definition) is 2. The Morgan fingerprint density at radius 2 is 1.91 bits per heavy atom. The number of imidazole rings is 1. The zero-order valence-corrected chi connectivity index (χ0v) is 17.7. The summed E-state index contributed by atoms with van der Waals surface area (Å²) >= 11 is 6.24. The molecule has 1 aliphatic carbocycles. The van der Waals surface area contributed by atoms with Gasteiger partial charge < -0.3 is 19.6 Å². The van der Waals surface area contributed by atoms with Crippen molar-refractivity contribution in [2.75, 3.05) is 6.61 Å². The van der Waals surface area contributed by atoms with E-state index in [0.29, 0.717) is 47.5 Å². The molecule has 0 aliphatic heterocycles. The van der Waals surface area contributed by atoms with Gasteiger partial charge in [-0.3, -0.25) is 4.79 Å². The van der Waals surface area contributed by atoms with E-state index < -0.39 is 12.8 Å². The lowest BCUT2D eigenvalue weighted by atomic mass is 9.93. The van der Waals surface area contributed by atoms with Gasteiger partial charge in [-0.1, -0.05) is 29.8 Å². The maximum Gasteiger partial charge on any atom is 0.422 e. The summed E-state index contributed by atoms with van der Waals surface area (Å²) in [6.07, 6.45) is 0.905. The van der Waals surface area contributed by atoms with Gasteiger partial charge in [-0.05, 0) is 37.8 Å². The molecule has 4 rings (SSSR count). The van der Waals surface area contributed by atoms with Gasteiger partial charge in [0.1, 0.15) is 17.1 Å². The number of pyridine rings is 1. The largest absolute Gasteiger partial charge is 0.483 e. The second-order valence-corrected chi connectivity index (χ2v) is 8.24. The van der Waals surface area contributed by atoms with Gasteiger partial charge in [0.25, 0.3) is 5.91 Å². The van der Waals surface area contributed by atoms with E-state index in [9.17, 15) is 23.1 Å². The Morgan fingerprint density at radius 1 is 1.19 bits per heavy atom. The van der Waals surface area contributed by atoms with Gasteiger partial charge in [-0.15, -0.1) is 0 Å². The van der Waals surface area contributed by atoms with Crippen molar-refractivity contribution < 1.29 is 27.8 Å². The number of carbonyl (C=O) groups is 1. The van der Waals surface area contributed by atoms with Gasteiger partial charge in [-0.25, -0.2) is 4.98 Å². The average molecular weight is 468 g/mol. The van der Waals surface area contributed by atoms with E-state index >= 15 is 0 Å². The van der Waals surface area contributed by atoms with E-state index in [2.05, 4.69) is 10.3 Å². The average Bonchev–Trinajstić information content (AvgIpc) is 3.17. The first-order valence-electron chi connectivity index (χ1n) is 10.2. The number of nitrogens with one attached hydrogen (secondary N) is 1. The summed E-state index contributed by atoms with van der Waals surface area (Å²) < 4.78 is 44.6. The molecule has 32 heavy (non-hydrogen) atoms. The molecule has 1 aromatic carbocycles. The number of halogens is 4. The molecule has 6 nitrogen and oxygen atoms in total. The number of aliphatic hydroxyl groups excluding tert-OH is 1. The number of nitrogens with zero attached hydrogens (tertiary/aromatic N) is 2. The van der Waals surface area contributed by atoms with Crippen molar-refractivity contribution in [3.05, 3.63) is 53.4 Å². The molecule has 0 saturated heterocycles. The molecule has 170 valence electrons. The highest BCUT2D eigenvalue weighted by Crippen LogP contribution is 2.35. The summed E-state index contributed by atoms with van der Waals surface area (Å²) in [6.45, 7) is -1.43. The molecule has 2 aromatic heterocycles. The summed E-state index contributed by atoms with van der Waals surface area (Å²) in [7, 11) is 0. The maximum atomic E-state index is 12.7. The lowest BCUT2D eigenvalue weighted by Gasteiger charge is -2.25.